The Kier molecular flexibility index (Phi) is 13.0. The normalized spacial score (nSPS) is 12.4. The van der Waals surface area contributed by atoms with Gasteiger partial charge in [-0.25, -0.2) is 0 Å². The van der Waals surface area contributed by atoms with Crippen molar-refractivity contribution in [3.63, 3.8) is 0 Å². The van der Waals surface area contributed by atoms with E-state index in [1.165, 1.54) is 21.1 Å². The summed E-state index contributed by atoms with van der Waals surface area (Å²) in [7, 11) is 4.82. The summed E-state index contributed by atoms with van der Waals surface area (Å²) < 4.78 is 5.62. The van der Waals surface area contributed by atoms with Gasteiger partial charge in [0.2, 0.25) is 17.7 Å². The summed E-state index contributed by atoms with van der Waals surface area (Å²) in [5, 5.41) is 4.63. The van der Waals surface area contributed by atoms with Gasteiger partial charge in [-0.05, 0) is 53.9 Å². The molecule has 0 fully saturated rings. The van der Waals surface area contributed by atoms with Crippen molar-refractivity contribution < 1.29 is 19.1 Å². The summed E-state index contributed by atoms with van der Waals surface area (Å²) in [5.41, 5.74) is 8.62. The predicted octanol–water partition coefficient (Wildman–Crippen LogP) is 3.75. The van der Waals surface area contributed by atoms with Gasteiger partial charge in [0.15, 0.2) is 0 Å². The van der Waals surface area contributed by atoms with E-state index in [9.17, 15) is 14.4 Å². The van der Waals surface area contributed by atoms with Crippen molar-refractivity contribution in [2.45, 2.75) is 44.2 Å². The molecule has 8 nitrogen and oxygen atoms in total. The molecular formula is C32H42N4O4S. The molecule has 0 bridgehead atoms. The van der Waals surface area contributed by atoms with Crippen molar-refractivity contribution in [1.82, 2.24) is 15.1 Å². The van der Waals surface area contributed by atoms with E-state index >= 15 is 0 Å². The number of unbranched alkanes of at least 4 members (excludes halogenated alkanes) is 2. The predicted molar refractivity (Wildman–Crippen MR) is 165 cm³/mol. The molecule has 0 radical (unpaired) electrons. The number of benzene rings is 2. The number of carbonyl (C=O) groups is 3. The van der Waals surface area contributed by atoms with Crippen molar-refractivity contribution in [2.24, 2.45) is 5.73 Å². The lowest BCUT2D eigenvalue weighted by Gasteiger charge is -2.34. The Morgan fingerprint density at radius 2 is 1.56 bits per heavy atom. The molecule has 0 unspecified atom stereocenters. The number of hydrogen-bond donors (Lipinski definition) is 2. The maximum atomic E-state index is 14.0. The number of thiophene rings is 1. The summed E-state index contributed by atoms with van der Waals surface area (Å²) in [5.74, 6) is -0.845. The fourth-order valence-corrected chi connectivity index (χ4v) is 5.36. The van der Waals surface area contributed by atoms with Gasteiger partial charge in [-0.1, -0.05) is 60.7 Å². The van der Waals surface area contributed by atoms with Crippen LogP contribution in [-0.4, -0.2) is 80.5 Å². The van der Waals surface area contributed by atoms with E-state index in [4.69, 9.17) is 10.5 Å². The van der Waals surface area contributed by atoms with E-state index < -0.39 is 12.1 Å². The maximum Gasteiger partial charge on any atom is 0.248 e. The summed E-state index contributed by atoms with van der Waals surface area (Å²) in [6.07, 6.45) is 3.37. The van der Waals surface area contributed by atoms with E-state index in [0.717, 1.165) is 40.8 Å². The monoisotopic (exact) mass is 578 g/mol. The number of ether oxygens (including phenoxy) is 1. The Labute approximate surface area is 247 Å². The largest absolute Gasteiger partial charge is 0.372 e. The van der Waals surface area contributed by atoms with Crippen LogP contribution in [0.2, 0.25) is 0 Å². The van der Waals surface area contributed by atoms with Gasteiger partial charge in [-0.2, -0.15) is 0 Å². The van der Waals surface area contributed by atoms with Crippen LogP contribution in [0.15, 0.2) is 72.1 Å². The minimum absolute atomic E-state index is 0.117. The first-order chi connectivity index (χ1) is 19.8. The average molecular weight is 579 g/mol. The van der Waals surface area contributed by atoms with E-state index in [0.29, 0.717) is 26.0 Å². The molecule has 3 amide bonds. The summed E-state index contributed by atoms with van der Waals surface area (Å²) >= 11 is 1.54. The number of nitrogens with zero attached hydrogens (tertiary/aromatic N) is 2. The van der Waals surface area contributed by atoms with E-state index in [-0.39, 0.29) is 24.3 Å². The molecule has 3 N–H and O–H groups in total. The van der Waals surface area contributed by atoms with Crippen LogP contribution in [0.25, 0.3) is 11.1 Å². The Bertz CT molecular complexity index is 1220. The van der Waals surface area contributed by atoms with Crippen LogP contribution in [0.1, 0.15) is 29.7 Å². The van der Waals surface area contributed by atoms with Gasteiger partial charge in [0.25, 0.3) is 0 Å². The van der Waals surface area contributed by atoms with Crippen LogP contribution < -0.4 is 11.1 Å². The molecule has 3 rings (SSSR count). The first-order valence-corrected chi connectivity index (χ1v) is 14.9. The lowest BCUT2D eigenvalue weighted by atomic mass is 9.99. The van der Waals surface area contributed by atoms with Crippen LogP contribution >= 0.6 is 11.3 Å². The fourth-order valence-electron chi connectivity index (χ4n) is 4.62. The molecule has 1 heterocycles. The molecule has 41 heavy (non-hydrogen) atoms. The third-order valence-electron chi connectivity index (χ3n) is 7.19. The summed E-state index contributed by atoms with van der Waals surface area (Å²) in [6, 6.07) is 20.4. The molecule has 2 atom stereocenters. The van der Waals surface area contributed by atoms with Crippen LogP contribution in [-0.2, 0) is 32.0 Å². The van der Waals surface area contributed by atoms with Gasteiger partial charge < -0.3 is 25.6 Å². The molecule has 9 heteroatoms. The van der Waals surface area contributed by atoms with Crippen molar-refractivity contribution in [3.8, 4) is 11.1 Å². The smallest absolute Gasteiger partial charge is 0.248 e. The molecule has 1 aromatic heterocycles. The SMILES string of the molecule is CNC(=O)[C@@H](Cc1cccs1)N(C)C(=O)[C@@H](Cc1ccc(-c2ccccc2)cc1)N(C)C(=O)COCCCCCN. The lowest BCUT2D eigenvalue weighted by molar-refractivity contribution is -0.149. The maximum absolute atomic E-state index is 14.0. The molecule has 0 aliphatic carbocycles. The number of rotatable bonds is 16. The van der Waals surface area contributed by atoms with Gasteiger partial charge in [0.1, 0.15) is 18.7 Å². The van der Waals surface area contributed by atoms with Crippen LogP contribution in [0, 0.1) is 0 Å². The molecular weight excluding hydrogens is 536 g/mol. The van der Waals surface area contributed by atoms with E-state index in [2.05, 4.69) is 5.32 Å². The van der Waals surface area contributed by atoms with Crippen LogP contribution in [0.4, 0.5) is 0 Å². The number of nitrogens with two attached hydrogens (primary N) is 1. The summed E-state index contributed by atoms with van der Waals surface area (Å²) in [4.78, 5) is 44.0. The number of likely N-dealkylation sites (N-methyl/N-ethyl adjacent to an activating group) is 3. The Balaban J connectivity index is 1.80. The lowest BCUT2D eigenvalue weighted by Crippen LogP contribution is -2.56. The summed E-state index contributed by atoms with van der Waals surface area (Å²) in [6.45, 7) is 0.973. The second-order valence-electron chi connectivity index (χ2n) is 10.1. The van der Waals surface area contributed by atoms with Crippen molar-refractivity contribution in [2.75, 3.05) is 40.9 Å². The molecule has 3 aromatic rings. The zero-order valence-electron chi connectivity index (χ0n) is 24.3. The van der Waals surface area contributed by atoms with Gasteiger partial charge in [-0.15, -0.1) is 11.3 Å². The standard InChI is InChI=1S/C32H42N4O4S/c1-34-31(38)28(22-27-13-10-20-41-27)36(3)32(39)29(35(2)30(37)23-40-19-9-5-8-18-33)21-24-14-16-26(17-15-24)25-11-6-4-7-12-25/h4,6-7,10-17,20,28-29H,5,8-9,18-19,21-23,33H2,1-3H3,(H,34,38)/t28-,29-/m1/s1. The number of hydrogen-bond acceptors (Lipinski definition) is 6. The van der Waals surface area contributed by atoms with Crippen molar-refractivity contribution in [1.29, 1.82) is 0 Å². The van der Waals surface area contributed by atoms with Gasteiger partial charge in [-0.3, -0.25) is 14.4 Å². The first-order valence-electron chi connectivity index (χ1n) is 14.0. The zero-order valence-corrected chi connectivity index (χ0v) is 25.1. The topological polar surface area (TPSA) is 105 Å². The van der Waals surface area contributed by atoms with Crippen LogP contribution in [0.5, 0.6) is 0 Å². The highest BCUT2D eigenvalue weighted by Gasteiger charge is 2.35. The molecule has 2 aromatic carbocycles. The number of carbonyl (C=O) groups excluding carboxylic acids is 3. The second kappa shape index (κ2) is 16.7. The molecule has 0 saturated heterocycles. The third kappa shape index (κ3) is 9.52. The van der Waals surface area contributed by atoms with Crippen molar-refractivity contribution >= 4 is 29.1 Å². The first kappa shape index (κ1) is 32.0. The Morgan fingerprint density at radius 1 is 0.854 bits per heavy atom. The van der Waals surface area contributed by atoms with Gasteiger partial charge >= 0.3 is 0 Å². The quantitative estimate of drug-likeness (QED) is 0.252. The second-order valence-corrected chi connectivity index (χ2v) is 11.1. The molecule has 0 saturated carbocycles. The zero-order chi connectivity index (χ0) is 29.6. The van der Waals surface area contributed by atoms with Gasteiger partial charge in [0, 0.05) is 45.5 Å². The highest BCUT2D eigenvalue weighted by molar-refractivity contribution is 7.09. The van der Waals surface area contributed by atoms with E-state index in [1.54, 1.807) is 21.1 Å². The number of amides is 3. The Morgan fingerprint density at radius 3 is 2.20 bits per heavy atom. The van der Waals surface area contributed by atoms with Crippen molar-refractivity contribution in [3.05, 3.63) is 82.6 Å². The minimum atomic E-state index is -0.814. The molecule has 0 spiro atoms. The highest BCUT2D eigenvalue weighted by atomic mass is 32.1. The molecule has 0 aliphatic heterocycles. The minimum Gasteiger partial charge on any atom is -0.372 e. The van der Waals surface area contributed by atoms with Crippen LogP contribution in [0.3, 0.4) is 0 Å². The fraction of sp³-hybridized carbons (Fsp3) is 0.406. The average Bonchev–Trinajstić information content (AvgIpc) is 3.53. The number of nitrogens with one attached hydrogen (secondary N) is 1. The molecule has 0 aliphatic rings. The molecule has 220 valence electrons. The highest BCUT2D eigenvalue weighted by Crippen LogP contribution is 2.22. The Hall–Kier alpha value is -3.53. The van der Waals surface area contributed by atoms with Gasteiger partial charge in [0.05, 0.1) is 0 Å². The third-order valence-corrected chi connectivity index (χ3v) is 8.09. The van der Waals surface area contributed by atoms with E-state index in [1.807, 2.05) is 72.1 Å².